The Hall–Kier alpha value is 0.947. The van der Waals surface area contributed by atoms with E-state index < -0.39 is 5.57 Å². The second kappa shape index (κ2) is 3.02. The van der Waals surface area contributed by atoms with Crippen LogP contribution in [0.15, 0.2) is 0 Å². The van der Waals surface area contributed by atoms with Gasteiger partial charge in [0, 0.05) is 0 Å². The lowest BCUT2D eigenvalue weighted by Crippen LogP contribution is -2.05. The van der Waals surface area contributed by atoms with Crippen LogP contribution in [0.2, 0.25) is 19.6 Å². The normalized spacial score (nSPS) is 10.0. The molecule has 0 nitrogen and oxygen atoms in total. The summed E-state index contributed by atoms with van der Waals surface area (Å²) in [6.07, 6.45) is 0. The Morgan fingerprint density at radius 3 is 1.17 bits per heavy atom. The molecule has 0 unspecified atom stereocenters. The molecule has 0 aliphatic rings. The Balaban J connectivity index is 0. The zero-order chi connectivity index (χ0) is 4.50. The van der Waals surface area contributed by atoms with Crippen LogP contribution in [0.25, 0.3) is 0 Å². The molecule has 0 fully saturated rings. The third-order valence-electron chi connectivity index (χ3n) is 0. The second-order valence-electron chi connectivity index (χ2n) is 2.07. The molecule has 0 heterocycles. The van der Waals surface area contributed by atoms with Crippen molar-refractivity contribution in [2.24, 2.45) is 0 Å². The largest absolute Gasteiger partial charge is 0.120 e. The highest BCUT2D eigenvalue weighted by Crippen LogP contribution is 2.08. The van der Waals surface area contributed by atoms with Crippen molar-refractivity contribution >= 4 is 27.4 Å². The Kier molecular flexibility index (Phi) is 5.05. The van der Waals surface area contributed by atoms with Gasteiger partial charge in [-0.25, -0.2) is 0 Å². The van der Waals surface area contributed by atoms with Crippen molar-refractivity contribution in [1.82, 2.24) is 0 Å². The summed E-state index contributed by atoms with van der Waals surface area (Å²) in [6.45, 7) is 6.94. The molecule has 0 radical (unpaired) electrons. The molecule has 0 amide bonds. The van der Waals surface area contributed by atoms with Gasteiger partial charge in [-0.2, -0.15) is 0 Å². The van der Waals surface area contributed by atoms with E-state index in [2.05, 4.69) is 41.4 Å². The second-order valence-corrected chi connectivity index (χ2v) is 15.9. The number of rotatable bonds is 0. The van der Waals surface area contributed by atoms with E-state index in [9.17, 15) is 0 Å². The third kappa shape index (κ3) is 86.0. The van der Waals surface area contributed by atoms with Gasteiger partial charge in [0.2, 0.25) is 0 Å². The van der Waals surface area contributed by atoms with Crippen LogP contribution < -0.4 is 0 Å². The number of halogens is 1. The maximum Gasteiger partial charge on any atom is 0.116 e. The molecule has 0 aliphatic heterocycles. The van der Waals surface area contributed by atoms with Gasteiger partial charge in [-0.05, 0) is 0 Å². The molecule has 0 saturated heterocycles. The standard InChI is InChI=1S/C3H9ISi.CH4/c1-5(2,3)4;/h1-3H3;1H4. The van der Waals surface area contributed by atoms with Crippen molar-refractivity contribution < 1.29 is 0 Å². The van der Waals surface area contributed by atoms with Crippen molar-refractivity contribution in [2.75, 3.05) is 0 Å². The van der Waals surface area contributed by atoms with Gasteiger partial charge in [-0.15, -0.1) is 21.8 Å². The van der Waals surface area contributed by atoms with E-state index in [-0.39, 0.29) is 7.43 Å². The van der Waals surface area contributed by atoms with E-state index in [0.717, 1.165) is 0 Å². The molecule has 0 saturated carbocycles. The Bertz CT molecular complexity index is 23.0. The zero-order valence-electron chi connectivity index (χ0n) is 3.88. The highest BCUT2D eigenvalue weighted by atomic mass is 127. The van der Waals surface area contributed by atoms with Gasteiger partial charge >= 0.3 is 0 Å². The number of hydrogen-bond donors (Lipinski definition) is 0. The predicted octanol–water partition coefficient (Wildman–Crippen LogP) is 2.89. The summed E-state index contributed by atoms with van der Waals surface area (Å²) < 4.78 is 0. The topological polar surface area (TPSA) is 0 Å². The van der Waals surface area contributed by atoms with E-state index in [1.165, 1.54) is 0 Å². The average Bonchev–Trinajstić information content (AvgIpc) is 0.722. The minimum atomic E-state index is -0.641. The van der Waals surface area contributed by atoms with Gasteiger partial charge in [0.05, 0.1) is 0 Å². The summed E-state index contributed by atoms with van der Waals surface area (Å²) in [5, 5.41) is 0. The molecule has 0 aromatic heterocycles. The minimum Gasteiger partial charge on any atom is -0.120 e. The van der Waals surface area contributed by atoms with Gasteiger partial charge < -0.3 is 0 Å². The zero-order valence-corrected chi connectivity index (χ0v) is 7.04. The maximum absolute atomic E-state index is 2.52. The molecule has 2 heteroatoms. The monoisotopic (exact) mass is 216 g/mol. The van der Waals surface area contributed by atoms with Crippen LogP contribution in [0.5, 0.6) is 0 Å². The minimum absolute atomic E-state index is 0. The van der Waals surface area contributed by atoms with Crippen LogP contribution in [0.4, 0.5) is 0 Å². The lowest BCUT2D eigenvalue weighted by Gasteiger charge is -1.98. The van der Waals surface area contributed by atoms with Gasteiger partial charge in [-0.1, -0.05) is 27.1 Å². The predicted molar refractivity (Wildman–Crippen MR) is 44.1 cm³/mol. The van der Waals surface area contributed by atoms with Gasteiger partial charge in [0.15, 0.2) is 0 Å². The van der Waals surface area contributed by atoms with E-state index in [1.807, 2.05) is 0 Å². The quantitative estimate of drug-likeness (QED) is 0.332. The highest BCUT2D eigenvalue weighted by molar-refractivity contribution is 14.1. The molecule has 6 heavy (non-hydrogen) atoms. The third-order valence-corrected chi connectivity index (χ3v) is 0. The lowest BCUT2D eigenvalue weighted by molar-refractivity contribution is 1.90. The van der Waals surface area contributed by atoms with Crippen LogP contribution in [0.3, 0.4) is 0 Å². The first-order chi connectivity index (χ1) is 2.00. The van der Waals surface area contributed by atoms with Crippen molar-refractivity contribution in [3.63, 3.8) is 0 Å². The molecule has 0 aromatic rings. The first-order valence-corrected chi connectivity index (χ1v) is 8.30. The van der Waals surface area contributed by atoms with Crippen LogP contribution in [0.1, 0.15) is 7.43 Å². The van der Waals surface area contributed by atoms with E-state index >= 15 is 0 Å². The summed E-state index contributed by atoms with van der Waals surface area (Å²) >= 11 is 2.52. The van der Waals surface area contributed by atoms with Crippen molar-refractivity contribution in [3.05, 3.63) is 0 Å². The molecule has 0 spiro atoms. The first kappa shape index (κ1) is 10.0. The van der Waals surface area contributed by atoms with Crippen LogP contribution in [-0.4, -0.2) is 5.57 Å². The molecule has 40 valence electrons. The summed E-state index contributed by atoms with van der Waals surface area (Å²) in [5.74, 6) is 0. The van der Waals surface area contributed by atoms with E-state index in [0.29, 0.717) is 0 Å². The summed E-state index contributed by atoms with van der Waals surface area (Å²) in [4.78, 5) is 0. The highest BCUT2D eigenvalue weighted by Gasteiger charge is 2.02. The van der Waals surface area contributed by atoms with Gasteiger partial charge in [-0.3, -0.25) is 0 Å². The molecule has 0 aromatic carbocycles. The summed E-state index contributed by atoms with van der Waals surface area (Å²) in [6, 6.07) is 0. The Morgan fingerprint density at radius 1 is 1.17 bits per heavy atom. The fourth-order valence-corrected chi connectivity index (χ4v) is 0. The maximum atomic E-state index is 2.52. The van der Waals surface area contributed by atoms with Crippen LogP contribution in [-0.2, 0) is 0 Å². The fourth-order valence-electron chi connectivity index (χ4n) is 0. The fraction of sp³-hybridized carbons (Fsp3) is 1.00. The van der Waals surface area contributed by atoms with Crippen molar-refractivity contribution in [3.8, 4) is 0 Å². The summed E-state index contributed by atoms with van der Waals surface area (Å²) in [7, 11) is 0. The molecule has 0 bridgehead atoms. The van der Waals surface area contributed by atoms with Crippen LogP contribution >= 0.6 is 21.8 Å². The Morgan fingerprint density at radius 2 is 1.17 bits per heavy atom. The van der Waals surface area contributed by atoms with Gasteiger partial charge in [0.1, 0.15) is 5.57 Å². The SMILES string of the molecule is C.C[Si](C)(C)I. The van der Waals surface area contributed by atoms with Gasteiger partial charge in [0.25, 0.3) is 0 Å². The molecule has 0 atom stereocenters. The smallest absolute Gasteiger partial charge is 0.116 e. The average molecular weight is 216 g/mol. The number of hydrogen-bond acceptors (Lipinski definition) is 0. The lowest BCUT2D eigenvalue weighted by atomic mass is 11.8. The van der Waals surface area contributed by atoms with Crippen molar-refractivity contribution in [1.29, 1.82) is 0 Å². The van der Waals surface area contributed by atoms with E-state index in [1.54, 1.807) is 0 Å². The van der Waals surface area contributed by atoms with Crippen LogP contribution in [0, 0.1) is 0 Å². The molecule has 0 N–H and O–H groups in total. The van der Waals surface area contributed by atoms with E-state index in [4.69, 9.17) is 0 Å². The molecular weight excluding hydrogens is 203 g/mol. The Labute approximate surface area is 54.6 Å². The van der Waals surface area contributed by atoms with Crippen molar-refractivity contribution in [2.45, 2.75) is 27.1 Å². The summed E-state index contributed by atoms with van der Waals surface area (Å²) in [5.41, 5.74) is -0.641. The first-order valence-electron chi connectivity index (χ1n) is 1.69. The molecular formula is C4H13ISi. The molecule has 0 rings (SSSR count). The molecule has 0 aliphatic carbocycles.